The molecular formula is C17H28O2. The number of carbonyl (C=O) groups excluding carboxylic acids is 1. The van der Waals surface area contributed by atoms with Crippen LogP contribution in [0.2, 0.25) is 0 Å². The molecule has 1 aliphatic carbocycles. The van der Waals surface area contributed by atoms with Crippen molar-refractivity contribution in [1.29, 1.82) is 0 Å². The van der Waals surface area contributed by atoms with Gasteiger partial charge in [0, 0.05) is 0 Å². The Bertz CT molecular complexity index is 335. The number of allylic oxidation sites excluding steroid dienone is 4. The molecule has 0 aromatic heterocycles. The Balaban J connectivity index is 2.28. The van der Waals surface area contributed by atoms with Gasteiger partial charge in [-0.25, -0.2) is 0 Å². The van der Waals surface area contributed by atoms with Gasteiger partial charge in [-0.3, -0.25) is 4.79 Å². The number of esters is 1. The number of hydrogen-bond acceptors (Lipinski definition) is 2. The van der Waals surface area contributed by atoms with E-state index in [1.807, 2.05) is 0 Å². The molecule has 0 aromatic rings. The summed E-state index contributed by atoms with van der Waals surface area (Å²) in [4.78, 5) is 11.8. The fraction of sp³-hybridized carbons (Fsp3) is 0.706. The first-order valence-corrected chi connectivity index (χ1v) is 7.61. The Morgan fingerprint density at radius 3 is 2.84 bits per heavy atom. The molecule has 0 amide bonds. The third kappa shape index (κ3) is 6.60. The van der Waals surface area contributed by atoms with E-state index in [0.29, 0.717) is 6.61 Å². The lowest BCUT2D eigenvalue weighted by Gasteiger charge is -2.20. The zero-order chi connectivity index (χ0) is 14.1. The Morgan fingerprint density at radius 2 is 2.26 bits per heavy atom. The minimum absolute atomic E-state index is 0.00745. The van der Waals surface area contributed by atoms with Gasteiger partial charge in [-0.2, -0.15) is 0 Å². The second-order valence-corrected chi connectivity index (χ2v) is 5.67. The second kappa shape index (κ2) is 8.95. The molecule has 0 heterocycles. The van der Waals surface area contributed by atoms with Crippen LogP contribution in [0, 0.1) is 5.92 Å². The number of rotatable bonds is 7. The molecule has 2 nitrogen and oxygen atoms in total. The van der Waals surface area contributed by atoms with Crippen LogP contribution in [0.25, 0.3) is 0 Å². The molecule has 0 saturated heterocycles. The van der Waals surface area contributed by atoms with Crippen molar-refractivity contribution >= 4 is 5.97 Å². The Kier molecular flexibility index (Phi) is 7.54. The van der Waals surface area contributed by atoms with Gasteiger partial charge in [-0.05, 0) is 52.4 Å². The summed E-state index contributed by atoms with van der Waals surface area (Å²) in [6.45, 7) is 6.97. The number of carbonyl (C=O) groups is 1. The van der Waals surface area contributed by atoms with Crippen molar-refractivity contribution in [3.8, 4) is 0 Å². The monoisotopic (exact) mass is 264 g/mol. The largest absolute Gasteiger partial charge is 0.465 e. The van der Waals surface area contributed by atoms with Crippen molar-refractivity contribution in [1.82, 2.24) is 0 Å². The van der Waals surface area contributed by atoms with Crippen LogP contribution in [-0.4, -0.2) is 12.6 Å². The van der Waals surface area contributed by atoms with Gasteiger partial charge in [0.1, 0.15) is 0 Å². The van der Waals surface area contributed by atoms with Crippen molar-refractivity contribution in [2.24, 2.45) is 5.92 Å². The molecule has 0 aromatic carbocycles. The molecule has 1 aliphatic rings. The van der Waals surface area contributed by atoms with Gasteiger partial charge >= 0.3 is 5.97 Å². The third-order valence-corrected chi connectivity index (χ3v) is 3.60. The zero-order valence-electron chi connectivity index (χ0n) is 12.7. The minimum Gasteiger partial charge on any atom is -0.465 e. The van der Waals surface area contributed by atoms with Gasteiger partial charge in [0.15, 0.2) is 0 Å². The van der Waals surface area contributed by atoms with Gasteiger partial charge in [0.25, 0.3) is 0 Å². The van der Waals surface area contributed by atoms with E-state index in [-0.39, 0.29) is 11.9 Å². The van der Waals surface area contributed by atoms with Crippen LogP contribution in [0.5, 0.6) is 0 Å². The first kappa shape index (κ1) is 16.0. The topological polar surface area (TPSA) is 26.3 Å². The van der Waals surface area contributed by atoms with E-state index in [1.54, 1.807) is 0 Å². The summed E-state index contributed by atoms with van der Waals surface area (Å²) in [7, 11) is 0. The molecular weight excluding hydrogens is 236 g/mol. The third-order valence-electron chi connectivity index (χ3n) is 3.60. The van der Waals surface area contributed by atoms with Crippen LogP contribution in [0.3, 0.4) is 0 Å². The van der Waals surface area contributed by atoms with Crippen LogP contribution in [0.4, 0.5) is 0 Å². The molecule has 19 heavy (non-hydrogen) atoms. The predicted octanol–water partition coefficient (Wildman–Crippen LogP) is 4.80. The van der Waals surface area contributed by atoms with E-state index in [0.717, 1.165) is 44.9 Å². The van der Waals surface area contributed by atoms with Gasteiger partial charge in [0.2, 0.25) is 0 Å². The van der Waals surface area contributed by atoms with Crippen molar-refractivity contribution in [2.45, 2.75) is 65.7 Å². The Labute approximate surface area is 117 Å². The average Bonchev–Trinajstić information content (AvgIpc) is 2.39. The average molecular weight is 264 g/mol. The van der Waals surface area contributed by atoms with Crippen LogP contribution < -0.4 is 0 Å². The molecule has 0 saturated carbocycles. The first-order valence-electron chi connectivity index (χ1n) is 7.61. The van der Waals surface area contributed by atoms with Crippen molar-refractivity contribution in [3.05, 3.63) is 23.3 Å². The summed E-state index contributed by atoms with van der Waals surface area (Å²) in [5.41, 5.74) is 2.89. The highest BCUT2D eigenvalue weighted by molar-refractivity contribution is 5.72. The molecule has 2 heteroatoms. The lowest BCUT2D eigenvalue weighted by atomic mass is 9.88. The SMILES string of the molecule is CCCCOC(=O)C1CC=C(CCC=C(C)C)CC1. The van der Waals surface area contributed by atoms with Crippen LogP contribution >= 0.6 is 0 Å². The summed E-state index contributed by atoms with van der Waals surface area (Å²) in [5, 5.41) is 0. The van der Waals surface area contributed by atoms with Crippen LogP contribution in [0.1, 0.15) is 65.7 Å². The molecule has 0 spiro atoms. The van der Waals surface area contributed by atoms with Crippen molar-refractivity contribution < 1.29 is 9.53 Å². The van der Waals surface area contributed by atoms with Gasteiger partial charge in [-0.15, -0.1) is 0 Å². The summed E-state index contributed by atoms with van der Waals surface area (Å²) in [5.74, 6) is 0.108. The highest BCUT2D eigenvalue weighted by atomic mass is 16.5. The van der Waals surface area contributed by atoms with Crippen LogP contribution in [-0.2, 0) is 9.53 Å². The van der Waals surface area contributed by atoms with E-state index in [9.17, 15) is 4.79 Å². The van der Waals surface area contributed by atoms with Crippen molar-refractivity contribution in [3.63, 3.8) is 0 Å². The lowest BCUT2D eigenvalue weighted by molar-refractivity contribution is -0.148. The molecule has 1 unspecified atom stereocenters. The van der Waals surface area contributed by atoms with Crippen molar-refractivity contribution in [2.75, 3.05) is 6.61 Å². The number of ether oxygens (including phenoxy) is 1. The van der Waals surface area contributed by atoms with E-state index < -0.39 is 0 Å². The molecule has 0 N–H and O–H groups in total. The van der Waals surface area contributed by atoms with Gasteiger partial charge in [-0.1, -0.05) is 36.6 Å². The van der Waals surface area contributed by atoms with E-state index in [4.69, 9.17) is 4.74 Å². The van der Waals surface area contributed by atoms with Crippen LogP contribution in [0.15, 0.2) is 23.3 Å². The molecule has 1 atom stereocenters. The molecule has 108 valence electrons. The summed E-state index contributed by atoms with van der Waals surface area (Å²) in [6, 6.07) is 0. The summed E-state index contributed by atoms with van der Waals surface area (Å²) in [6.07, 6.45) is 11.8. The summed E-state index contributed by atoms with van der Waals surface area (Å²) < 4.78 is 5.29. The van der Waals surface area contributed by atoms with Gasteiger partial charge < -0.3 is 4.74 Å². The highest BCUT2D eigenvalue weighted by Gasteiger charge is 2.22. The molecule has 0 radical (unpaired) electrons. The fourth-order valence-corrected chi connectivity index (χ4v) is 2.31. The maximum atomic E-state index is 11.8. The lowest BCUT2D eigenvalue weighted by Crippen LogP contribution is -2.20. The smallest absolute Gasteiger partial charge is 0.309 e. The maximum absolute atomic E-state index is 11.8. The molecule has 1 rings (SSSR count). The minimum atomic E-state index is 0.00745. The predicted molar refractivity (Wildman–Crippen MR) is 80.0 cm³/mol. The van der Waals surface area contributed by atoms with E-state index in [2.05, 4.69) is 32.9 Å². The second-order valence-electron chi connectivity index (χ2n) is 5.67. The highest BCUT2D eigenvalue weighted by Crippen LogP contribution is 2.27. The molecule has 0 fully saturated rings. The van der Waals surface area contributed by atoms with Gasteiger partial charge in [0.05, 0.1) is 12.5 Å². The molecule has 0 bridgehead atoms. The Hall–Kier alpha value is -1.05. The zero-order valence-corrected chi connectivity index (χ0v) is 12.7. The van der Waals surface area contributed by atoms with E-state index >= 15 is 0 Å². The van der Waals surface area contributed by atoms with E-state index in [1.165, 1.54) is 11.1 Å². The first-order chi connectivity index (χ1) is 9.13. The Morgan fingerprint density at radius 1 is 1.47 bits per heavy atom. The quantitative estimate of drug-likeness (QED) is 0.375. The number of unbranched alkanes of at least 4 members (excludes halogenated alkanes) is 1. The maximum Gasteiger partial charge on any atom is 0.309 e. The number of hydrogen-bond donors (Lipinski definition) is 0. The molecule has 0 aliphatic heterocycles. The summed E-state index contributed by atoms with van der Waals surface area (Å²) >= 11 is 0. The fourth-order valence-electron chi connectivity index (χ4n) is 2.31. The standard InChI is InChI=1S/C17H28O2/c1-4-5-13-19-17(18)16-11-9-15(10-12-16)8-6-7-14(2)3/h7,9,16H,4-6,8,10-13H2,1-3H3. The normalized spacial score (nSPS) is 18.7.